The minimum atomic E-state index is -0.0657. The Labute approximate surface area is 162 Å². The molecule has 3 heterocycles. The molecule has 0 unspecified atom stereocenters. The Hall–Kier alpha value is -2.58. The van der Waals surface area contributed by atoms with Crippen LogP contribution < -0.4 is 5.32 Å². The fraction of sp³-hybridized carbons (Fsp3) is 0.368. The van der Waals surface area contributed by atoms with E-state index in [0.717, 1.165) is 31.8 Å². The topological polar surface area (TPSA) is 75.9 Å². The summed E-state index contributed by atoms with van der Waals surface area (Å²) in [5.41, 5.74) is 2.77. The van der Waals surface area contributed by atoms with E-state index in [9.17, 15) is 4.79 Å². The van der Waals surface area contributed by atoms with Crippen molar-refractivity contribution in [2.45, 2.75) is 32.5 Å². The molecule has 7 nitrogen and oxygen atoms in total. The molecule has 1 aliphatic heterocycles. The molecule has 8 heteroatoms. The average molecular weight is 382 g/mol. The summed E-state index contributed by atoms with van der Waals surface area (Å²) in [4.78, 5) is 15.8. The van der Waals surface area contributed by atoms with Gasteiger partial charge >= 0.3 is 0 Å². The van der Waals surface area contributed by atoms with Crippen molar-refractivity contribution in [1.82, 2.24) is 30.4 Å². The third-order valence-electron chi connectivity index (χ3n) is 4.75. The van der Waals surface area contributed by atoms with E-state index in [1.807, 2.05) is 11.4 Å². The fourth-order valence-electron chi connectivity index (χ4n) is 3.32. The van der Waals surface area contributed by atoms with Crippen LogP contribution in [0.4, 0.5) is 0 Å². The third kappa shape index (κ3) is 4.58. The number of benzene rings is 1. The van der Waals surface area contributed by atoms with E-state index in [1.165, 1.54) is 16.0 Å². The van der Waals surface area contributed by atoms with Crippen molar-refractivity contribution < 1.29 is 4.79 Å². The van der Waals surface area contributed by atoms with E-state index < -0.39 is 0 Å². The van der Waals surface area contributed by atoms with Crippen molar-refractivity contribution in [3.63, 3.8) is 0 Å². The van der Waals surface area contributed by atoms with E-state index in [1.54, 1.807) is 16.0 Å². The minimum absolute atomic E-state index is 0.0657. The zero-order valence-corrected chi connectivity index (χ0v) is 15.9. The molecule has 1 amide bonds. The Morgan fingerprint density at radius 1 is 1.19 bits per heavy atom. The lowest BCUT2D eigenvalue weighted by atomic mass is 10.00. The number of aromatic nitrogens is 4. The molecule has 1 N–H and O–H groups in total. The first kappa shape index (κ1) is 17.8. The van der Waals surface area contributed by atoms with Gasteiger partial charge in [0, 0.05) is 24.5 Å². The number of hydrogen-bond acceptors (Lipinski definition) is 6. The van der Waals surface area contributed by atoms with Crippen LogP contribution in [-0.2, 0) is 37.3 Å². The highest BCUT2D eigenvalue weighted by atomic mass is 32.1. The maximum absolute atomic E-state index is 12.2. The predicted octanol–water partition coefficient (Wildman–Crippen LogP) is 1.65. The predicted molar refractivity (Wildman–Crippen MR) is 103 cm³/mol. The number of carbonyl (C=O) groups excluding carboxylic acids is 1. The molecule has 140 valence electrons. The second-order valence-electron chi connectivity index (χ2n) is 6.66. The summed E-state index contributed by atoms with van der Waals surface area (Å²) in [6.45, 7) is 3.27. The van der Waals surface area contributed by atoms with Crippen LogP contribution in [0.2, 0.25) is 0 Å². The van der Waals surface area contributed by atoms with Crippen molar-refractivity contribution in [1.29, 1.82) is 0 Å². The molecular weight excluding hydrogens is 360 g/mol. The maximum atomic E-state index is 12.2. The number of nitrogens with zero attached hydrogens (tertiary/aromatic N) is 5. The molecule has 1 aromatic carbocycles. The van der Waals surface area contributed by atoms with Gasteiger partial charge in [0.25, 0.3) is 0 Å². The Bertz CT molecular complexity index is 891. The summed E-state index contributed by atoms with van der Waals surface area (Å²) < 4.78 is 1.60. The van der Waals surface area contributed by atoms with Crippen LogP contribution in [0.15, 0.2) is 41.8 Å². The first-order valence-electron chi connectivity index (χ1n) is 9.11. The first-order chi connectivity index (χ1) is 13.3. The van der Waals surface area contributed by atoms with Gasteiger partial charge in [0.2, 0.25) is 5.91 Å². The van der Waals surface area contributed by atoms with Gasteiger partial charge in [-0.2, -0.15) is 0 Å². The highest BCUT2D eigenvalue weighted by Gasteiger charge is 2.19. The van der Waals surface area contributed by atoms with E-state index in [4.69, 9.17) is 0 Å². The number of rotatable bonds is 7. The fourth-order valence-corrected chi connectivity index (χ4v) is 4.03. The highest BCUT2D eigenvalue weighted by Crippen LogP contribution is 2.19. The molecule has 0 aliphatic carbocycles. The van der Waals surface area contributed by atoms with Crippen LogP contribution in [0.1, 0.15) is 21.8 Å². The van der Waals surface area contributed by atoms with Gasteiger partial charge in [-0.25, -0.2) is 4.68 Å². The van der Waals surface area contributed by atoms with Crippen molar-refractivity contribution in [2.24, 2.45) is 0 Å². The summed E-state index contributed by atoms with van der Waals surface area (Å²) in [6, 6.07) is 12.6. The summed E-state index contributed by atoms with van der Waals surface area (Å²) in [5.74, 6) is 0.659. The summed E-state index contributed by atoms with van der Waals surface area (Å²) in [6.07, 6.45) is 1.88. The SMILES string of the molecule is O=C(Cn1nnnc1CN1CCc2ccccc2C1)NCCc1cccs1. The molecule has 0 fully saturated rings. The number of nitrogens with one attached hydrogen (secondary N) is 1. The van der Waals surface area contributed by atoms with Crippen LogP contribution >= 0.6 is 11.3 Å². The van der Waals surface area contributed by atoms with E-state index in [2.05, 4.69) is 56.1 Å². The molecule has 2 aromatic heterocycles. The lowest BCUT2D eigenvalue weighted by Crippen LogP contribution is -2.33. The molecule has 27 heavy (non-hydrogen) atoms. The van der Waals surface area contributed by atoms with E-state index >= 15 is 0 Å². The number of tetrazole rings is 1. The third-order valence-corrected chi connectivity index (χ3v) is 5.68. The maximum Gasteiger partial charge on any atom is 0.241 e. The van der Waals surface area contributed by atoms with Crippen molar-refractivity contribution in [3.8, 4) is 0 Å². The Kier molecular flexibility index (Phi) is 5.55. The van der Waals surface area contributed by atoms with Crippen LogP contribution in [0.25, 0.3) is 0 Å². The minimum Gasteiger partial charge on any atom is -0.354 e. The summed E-state index contributed by atoms with van der Waals surface area (Å²) in [5, 5.41) is 16.9. The number of hydrogen-bond donors (Lipinski definition) is 1. The molecule has 0 bridgehead atoms. The van der Waals surface area contributed by atoms with E-state index in [0.29, 0.717) is 13.1 Å². The van der Waals surface area contributed by atoms with Gasteiger partial charge in [0.15, 0.2) is 5.82 Å². The van der Waals surface area contributed by atoms with Crippen LogP contribution in [0.3, 0.4) is 0 Å². The number of carbonyl (C=O) groups is 1. The average Bonchev–Trinajstić information content (AvgIpc) is 3.34. The number of fused-ring (bicyclic) bond motifs is 1. The second kappa shape index (κ2) is 8.41. The van der Waals surface area contributed by atoms with Gasteiger partial charge < -0.3 is 5.32 Å². The number of thiophene rings is 1. The zero-order valence-electron chi connectivity index (χ0n) is 15.0. The molecule has 3 aromatic rings. The lowest BCUT2D eigenvalue weighted by Gasteiger charge is -2.28. The smallest absolute Gasteiger partial charge is 0.241 e. The van der Waals surface area contributed by atoms with Crippen LogP contribution in [0.5, 0.6) is 0 Å². The van der Waals surface area contributed by atoms with Crippen molar-refractivity contribution in [3.05, 3.63) is 63.6 Å². The molecular formula is C19H22N6OS. The summed E-state index contributed by atoms with van der Waals surface area (Å²) >= 11 is 1.70. The zero-order chi connectivity index (χ0) is 18.5. The molecule has 0 radical (unpaired) electrons. The van der Waals surface area contributed by atoms with E-state index in [-0.39, 0.29) is 12.5 Å². The van der Waals surface area contributed by atoms with Gasteiger partial charge in [-0.15, -0.1) is 16.4 Å². The van der Waals surface area contributed by atoms with Crippen LogP contribution in [0, 0.1) is 0 Å². The standard InChI is InChI=1S/C19H22N6OS/c26-19(20-9-7-17-6-3-11-27-17)14-25-18(21-22-23-25)13-24-10-8-15-4-1-2-5-16(15)12-24/h1-6,11H,7-10,12-14H2,(H,20,26). The largest absolute Gasteiger partial charge is 0.354 e. The quantitative estimate of drug-likeness (QED) is 0.672. The normalized spacial score (nSPS) is 14.1. The van der Waals surface area contributed by atoms with Crippen molar-refractivity contribution in [2.75, 3.05) is 13.1 Å². The molecule has 0 saturated heterocycles. The second-order valence-corrected chi connectivity index (χ2v) is 7.69. The van der Waals surface area contributed by atoms with Gasteiger partial charge in [-0.05, 0) is 45.8 Å². The van der Waals surface area contributed by atoms with Gasteiger partial charge in [0.05, 0.1) is 6.54 Å². The molecule has 0 spiro atoms. The first-order valence-corrected chi connectivity index (χ1v) is 9.99. The lowest BCUT2D eigenvalue weighted by molar-refractivity contribution is -0.121. The van der Waals surface area contributed by atoms with Crippen molar-refractivity contribution >= 4 is 17.2 Å². The summed E-state index contributed by atoms with van der Waals surface area (Å²) in [7, 11) is 0. The molecule has 0 atom stereocenters. The molecule has 0 saturated carbocycles. The molecule has 1 aliphatic rings. The Morgan fingerprint density at radius 3 is 2.93 bits per heavy atom. The monoisotopic (exact) mass is 382 g/mol. The van der Waals surface area contributed by atoms with Gasteiger partial charge in [-0.1, -0.05) is 30.3 Å². The Morgan fingerprint density at radius 2 is 2.07 bits per heavy atom. The van der Waals surface area contributed by atoms with Crippen LogP contribution in [-0.4, -0.2) is 44.1 Å². The number of amides is 1. The highest BCUT2D eigenvalue weighted by molar-refractivity contribution is 7.09. The molecule has 4 rings (SSSR count). The van der Waals surface area contributed by atoms with Gasteiger partial charge in [0.1, 0.15) is 6.54 Å². The Balaban J connectivity index is 1.30. The van der Waals surface area contributed by atoms with Gasteiger partial charge in [-0.3, -0.25) is 9.69 Å².